The van der Waals surface area contributed by atoms with Gasteiger partial charge in [-0.25, -0.2) is 43.9 Å². The van der Waals surface area contributed by atoms with Crippen LogP contribution < -0.4 is 0 Å². The molecule has 0 atom stereocenters. The molecule has 8 rings (SSSR count). The number of aryl methyl sites for hydroxylation is 12. The Bertz CT molecular complexity index is 2540. The topological polar surface area (TPSA) is 0 Å². The molecule has 1 aliphatic rings. The Kier molecular flexibility index (Phi) is 39.4. The quantitative estimate of drug-likeness (QED) is 0.133. The Morgan fingerprint density at radius 2 is 0.449 bits per heavy atom. The van der Waals surface area contributed by atoms with E-state index in [1.807, 2.05) is 26.0 Å². The molecule has 0 aromatic heterocycles. The van der Waals surface area contributed by atoms with Crippen molar-refractivity contribution in [1.29, 1.82) is 0 Å². The van der Waals surface area contributed by atoms with Crippen molar-refractivity contribution in [3.05, 3.63) is 245 Å². The molecule has 1 aliphatic carbocycles. The fourth-order valence-electron chi connectivity index (χ4n) is 6.49. The van der Waals surface area contributed by atoms with Gasteiger partial charge in [0.15, 0.2) is 11.6 Å². The summed E-state index contributed by atoms with van der Waals surface area (Å²) in [5, 5.41) is 0. The highest BCUT2D eigenvalue weighted by Crippen LogP contribution is 2.27. The van der Waals surface area contributed by atoms with Crippen molar-refractivity contribution in [3.8, 4) is 0 Å². The predicted octanol–water partition coefficient (Wildman–Crippen LogP) is 22.9. The van der Waals surface area contributed by atoms with Crippen LogP contribution in [0.15, 0.2) is 109 Å². The average molecular weight is 1100 g/mol. The molecule has 0 unspecified atom stereocenters. The molecule has 0 radical (unpaired) electrons. The Labute approximate surface area is 465 Å². The maximum atomic E-state index is 12.6. The SMILES string of the molecule is C.C.C.C.CC1CCC(C)CC1.Cc1cc(F)c(C)c(F)c1.Cc1cc(F)c(C)c(F)c1.Cc1cc(F)c(C)cc1F.Cc1ccc(C)c(F)c1.Cc1ccc(C)c(F)c1.Cc1ccc(C)c(F)c1F.Cc1ccc(C)cc1. The Balaban J connectivity index is -0.000000399. The van der Waals surface area contributed by atoms with Gasteiger partial charge in [0.05, 0.1) is 0 Å². The molecule has 434 valence electrons. The molecular formula is C68H92F10. The minimum atomic E-state index is -0.736. The molecule has 0 saturated heterocycles. The number of rotatable bonds is 0. The highest BCUT2D eigenvalue weighted by Gasteiger charge is 2.13. The summed E-state index contributed by atoms with van der Waals surface area (Å²) in [4.78, 5) is 0. The van der Waals surface area contributed by atoms with Crippen molar-refractivity contribution in [2.24, 2.45) is 11.8 Å². The lowest BCUT2D eigenvalue weighted by Gasteiger charge is -2.22. The maximum absolute atomic E-state index is 12.6. The van der Waals surface area contributed by atoms with Crippen molar-refractivity contribution < 1.29 is 43.9 Å². The first-order chi connectivity index (χ1) is 34.4. The first-order valence-electron chi connectivity index (χ1n) is 24.6. The van der Waals surface area contributed by atoms with E-state index in [0.717, 1.165) is 23.0 Å². The molecule has 7 aromatic rings. The fraction of sp³-hybridized carbons (Fsp3) is 0.382. The van der Waals surface area contributed by atoms with E-state index in [2.05, 4.69) is 52.0 Å². The van der Waals surface area contributed by atoms with Gasteiger partial charge in [-0.2, -0.15) is 0 Å². The third-order valence-corrected chi connectivity index (χ3v) is 11.9. The van der Waals surface area contributed by atoms with Crippen LogP contribution >= 0.6 is 0 Å². The third kappa shape index (κ3) is 30.1. The molecule has 0 N–H and O–H groups in total. The molecule has 1 fully saturated rings. The van der Waals surface area contributed by atoms with Crippen molar-refractivity contribution in [3.63, 3.8) is 0 Å². The molecule has 10 heteroatoms. The summed E-state index contributed by atoms with van der Waals surface area (Å²) in [5.74, 6) is -2.26. The fourth-order valence-corrected chi connectivity index (χ4v) is 6.49. The van der Waals surface area contributed by atoms with E-state index in [1.54, 1.807) is 52.0 Å². The number of halogens is 10. The second-order valence-corrected chi connectivity index (χ2v) is 19.4. The Morgan fingerprint density at radius 1 is 0.244 bits per heavy atom. The molecule has 7 aromatic carbocycles. The van der Waals surface area contributed by atoms with Gasteiger partial charge in [-0.1, -0.05) is 141 Å². The summed E-state index contributed by atoms with van der Waals surface area (Å²) >= 11 is 0. The first kappa shape index (κ1) is 78.3. The highest BCUT2D eigenvalue weighted by atomic mass is 19.2. The molecule has 0 heterocycles. The summed E-state index contributed by atoms with van der Waals surface area (Å²) in [6.45, 7) is 28.5. The lowest BCUT2D eigenvalue weighted by molar-refractivity contribution is 0.308. The van der Waals surface area contributed by atoms with Crippen LogP contribution in [0.5, 0.6) is 0 Å². The average Bonchev–Trinajstić information content (AvgIpc) is 3.33. The van der Waals surface area contributed by atoms with Crippen molar-refractivity contribution in [2.45, 2.75) is 166 Å². The Hall–Kier alpha value is -6.16. The third-order valence-electron chi connectivity index (χ3n) is 11.9. The van der Waals surface area contributed by atoms with Gasteiger partial charge in [0, 0.05) is 11.1 Å². The van der Waals surface area contributed by atoms with Crippen LogP contribution in [0.3, 0.4) is 0 Å². The number of hydrogen-bond donors (Lipinski definition) is 0. The van der Waals surface area contributed by atoms with Crippen molar-refractivity contribution in [1.82, 2.24) is 0 Å². The molecule has 0 amide bonds. The van der Waals surface area contributed by atoms with Crippen LogP contribution in [-0.4, -0.2) is 0 Å². The van der Waals surface area contributed by atoms with Gasteiger partial charge in [0.25, 0.3) is 0 Å². The number of hydrogen-bond acceptors (Lipinski definition) is 0. The number of benzene rings is 7. The lowest BCUT2D eigenvalue weighted by atomic mass is 9.84. The summed E-state index contributed by atoms with van der Waals surface area (Å²) in [5.41, 5.74) is 8.82. The zero-order valence-corrected chi connectivity index (χ0v) is 46.2. The van der Waals surface area contributed by atoms with Crippen LogP contribution in [-0.2, 0) is 0 Å². The molecule has 0 aliphatic heterocycles. The summed E-state index contributed by atoms with van der Waals surface area (Å²) in [7, 11) is 0. The summed E-state index contributed by atoms with van der Waals surface area (Å²) in [6.07, 6.45) is 5.89. The summed E-state index contributed by atoms with van der Waals surface area (Å²) in [6, 6.07) is 29.7. The van der Waals surface area contributed by atoms with Gasteiger partial charge >= 0.3 is 0 Å². The zero-order chi connectivity index (χ0) is 56.6. The normalized spacial score (nSPS) is 12.4. The predicted molar refractivity (Wildman–Crippen MR) is 315 cm³/mol. The van der Waals surface area contributed by atoms with Gasteiger partial charge in [-0.15, -0.1) is 0 Å². The van der Waals surface area contributed by atoms with Crippen LogP contribution in [0.25, 0.3) is 0 Å². The van der Waals surface area contributed by atoms with E-state index in [1.165, 1.54) is 127 Å². The second-order valence-electron chi connectivity index (χ2n) is 19.4. The van der Waals surface area contributed by atoms with Crippen LogP contribution in [0.4, 0.5) is 43.9 Å². The molecule has 1 saturated carbocycles. The van der Waals surface area contributed by atoms with Gasteiger partial charge in [0.2, 0.25) is 0 Å². The molecular weight excluding hydrogens is 1010 g/mol. The van der Waals surface area contributed by atoms with Gasteiger partial charge in [-0.3, -0.25) is 0 Å². The maximum Gasteiger partial charge on any atom is 0.161 e. The lowest BCUT2D eigenvalue weighted by Crippen LogP contribution is -2.08. The first-order valence-corrected chi connectivity index (χ1v) is 24.6. The van der Waals surface area contributed by atoms with Gasteiger partial charge in [-0.05, 0) is 213 Å². The minimum Gasteiger partial charge on any atom is -0.207 e. The molecule has 0 spiro atoms. The van der Waals surface area contributed by atoms with Gasteiger partial charge in [0.1, 0.15) is 46.5 Å². The van der Waals surface area contributed by atoms with E-state index >= 15 is 0 Å². The van der Waals surface area contributed by atoms with Crippen LogP contribution in [0.1, 0.15) is 147 Å². The van der Waals surface area contributed by atoms with E-state index in [4.69, 9.17) is 0 Å². The van der Waals surface area contributed by atoms with E-state index in [9.17, 15) is 43.9 Å². The second kappa shape index (κ2) is 39.2. The zero-order valence-electron chi connectivity index (χ0n) is 46.2. The van der Waals surface area contributed by atoms with E-state index in [0.29, 0.717) is 44.5 Å². The van der Waals surface area contributed by atoms with Crippen molar-refractivity contribution in [2.75, 3.05) is 0 Å². The summed E-state index contributed by atoms with van der Waals surface area (Å²) < 4.78 is 126. The van der Waals surface area contributed by atoms with Gasteiger partial charge < -0.3 is 0 Å². The molecule has 0 bridgehead atoms. The molecule has 78 heavy (non-hydrogen) atoms. The van der Waals surface area contributed by atoms with E-state index in [-0.39, 0.29) is 64.1 Å². The van der Waals surface area contributed by atoms with Crippen molar-refractivity contribution >= 4 is 0 Å². The largest absolute Gasteiger partial charge is 0.207 e. The molecule has 0 nitrogen and oxygen atoms in total. The smallest absolute Gasteiger partial charge is 0.161 e. The highest BCUT2D eigenvalue weighted by molar-refractivity contribution is 5.27. The van der Waals surface area contributed by atoms with E-state index < -0.39 is 34.9 Å². The standard InChI is InChI=1S/4C8H8F2.2C8H9F.C8H16.C8H10.4CH4/c1-5-3-8(10)6(2)4-7(5)9;2*1-5-3-7(9)6(2)8(10)4-5;1-5-3-4-6(2)8(10)7(5)9;2*1-6-3-4-7(2)8(9)5-6;2*1-7-3-5-8(2)6-4-7;;;;/h4*3-4H,1-2H3;2*3-5H,1-2H3;7-8H,3-6H2,1-2H3;3-6H,1-2H3;4*1H4. The van der Waals surface area contributed by atoms with Crippen LogP contribution in [0.2, 0.25) is 0 Å². The monoisotopic (exact) mass is 1100 g/mol. The Morgan fingerprint density at radius 3 is 0.679 bits per heavy atom. The van der Waals surface area contributed by atoms with Crippen LogP contribution in [0, 0.1) is 167 Å². The minimum absolute atomic E-state index is 0.